The molecule has 0 aliphatic heterocycles. The average Bonchev–Trinajstić information content (AvgIpc) is 2.41. The van der Waals surface area contributed by atoms with Crippen molar-refractivity contribution in [2.45, 2.75) is 32.9 Å². The van der Waals surface area contributed by atoms with Crippen molar-refractivity contribution in [3.8, 4) is 0 Å². The van der Waals surface area contributed by atoms with Crippen LogP contribution in [0.1, 0.15) is 20.8 Å². The van der Waals surface area contributed by atoms with Crippen molar-refractivity contribution in [2.75, 3.05) is 31.2 Å². The molecule has 1 aromatic carbocycles. The maximum absolute atomic E-state index is 13.6. The highest BCUT2D eigenvalue weighted by atomic mass is 19.1. The molecule has 0 radical (unpaired) electrons. The Kier molecular flexibility index (Phi) is 6.58. The smallest absolute Gasteiger partial charge is 0.241 e. The molecular weight excluding hydrogens is 273 g/mol. The van der Waals surface area contributed by atoms with E-state index in [0.29, 0.717) is 18.8 Å². The highest BCUT2D eigenvalue weighted by Crippen LogP contribution is 2.17. The zero-order valence-corrected chi connectivity index (χ0v) is 13.0. The van der Waals surface area contributed by atoms with Gasteiger partial charge in [-0.1, -0.05) is 0 Å². The van der Waals surface area contributed by atoms with Gasteiger partial charge in [-0.25, -0.2) is 4.39 Å². The lowest BCUT2D eigenvalue weighted by Crippen LogP contribution is -2.41. The third-order valence-corrected chi connectivity index (χ3v) is 3.18. The van der Waals surface area contributed by atoms with Crippen LogP contribution in [0, 0.1) is 5.82 Å². The van der Waals surface area contributed by atoms with Crippen LogP contribution in [0.3, 0.4) is 0 Å². The monoisotopic (exact) mass is 297 g/mol. The summed E-state index contributed by atoms with van der Waals surface area (Å²) in [7, 11) is 1.82. The van der Waals surface area contributed by atoms with Gasteiger partial charge in [-0.15, -0.1) is 0 Å². The number of halogens is 1. The van der Waals surface area contributed by atoms with Crippen LogP contribution in [-0.2, 0) is 9.53 Å². The molecule has 0 fully saturated rings. The highest BCUT2D eigenvalue weighted by Gasteiger charge is 2.19. The largest absolute Gasteiger partial charge is 0.399 e. The zero-order valence-electron chi connectivity index (χ0n) is 13.0. The summed E-state index contributed by atoms with van der Waals surface area (Å²) in [5.74, 6) is -0.790. The van der Waals surface area contributed by atoms with Crippen LogP contribution in [0.25, 0.3) is 0 Å². The fourth-order valence-electron chi connectivity index (χ4n) is 1.70. The van der Waals surface area contributed by atoms with E-state index in [1.165, 1.54) is 18.2 Å². The third kappa shape index (κ3) is 5.69. The molecule has 1 atom stereocenters. The fraction of sp³-hybridized carbons (Fsp3) is 0.533. The summed E-state index contributed by atoms with van der Waals surface area (Å²) in [5, 5.41) is 2.55. The standard InChI is InChI=1S/C15H24FN3O2/c1-10(2)21-8-7-19(4)11(3)15(20)18-14-9-12(17)5-6-13(14)16/h5-6,9-11H,7-8,17H2,1-4H3,(H,18,20). The molecule has 21 heavy (non-hydrogen) atoms. The predicted octanol–water partition coefficient (Wildman–Crippen LogP) is 2.09. The summed E-state index contributed by atoms with van der Waals surface area (Å²) in [6, 6.07) is 3.68. The first-order valence-corrected chi connectivity index (χ1v) is 6.99. The van der Waals surface area contributed by atoms with Crippen LogP contribution in [0.2, 0.25) is 0 Å². The number of benzene rings is 1. The Morgan fingerprint density at radius 1 is 1.43 bits per heavy atom. The summed E-state index contributed by atoms with van der Waals surface area (Å²) in [6.45, 7) is 6.83. The summed E-state index contributed by atoms with van der Waals surface area (Å²) < 4.78 is 19.0. The number of carbonyl (C=O) groups excluding carboxylic acids is 1. The van der Waals surface area contributed by atoms with E-state index in [1.54, 1.807) is 6.92 Å². The van der Waals surface area contributed by atoms with Gasteiger partial charge in [0, 0.05) is 12.2 Å². The Morgan fingerprint density at radius 3 is 2.71 bits per heavy atom. The van der Waals surface area contributed by atoms with E-state index in [4.69, 9.17) is 10.5 Å². The third-order valence-electron chi connectivity index (χ3n) is 3.18. The van der Waals surface area contributed by atoms with Gasteiger partial charge in [0.15, 0.2) is 0 Å². The summed E-state index contributed by atoms with van der Waals surface area (Å²) in [4.78, 5) is 14.0. The molecular formula is C15H24FN3O2. The molecule has 5 nitrogen and oxygen atoms in total. The van der Waals surface area contributed by atoms with Crippen molar-refractivity contribution >= 4 is 17.3 Å². The summed E-state index contributed by atoms with van der Waals surface area (Å²) in [5.41, 5.74) is 6.09. The molecule has 0 saturated carbocycles. The maximum atomic E-state index is 13.6. The molecule has 0 aliphatic carbocycles. The van der Waals surface area contributed by atoms with Gasteiger partial charge in [0.2, 0.25) is 5.91 Å². The predicted molar refractivity (Wildman–Crippen MR) is 82.6 cm³/mol. The van der Waals surface area contributed by atoms with Crippen molar-refractivity contribution < 1.29 is 13.9 Å². The first-order valence-electron chi connectivity index (χ1n) is 6.99. The van der Waals surface area contributed by atoms with Gasteiger partial charge in [-0.2, -0.15) is 0 Å². The van der Waals surface area contributed by atoms with Crippen LogP contribution in [-0.4, -0.2) is 43.2 Å². The number of nitrogen functional groups attached to an aromatic ring is 1. The topological polar surface area (TPSA) is 67.6 Å². The Bertz CT molecular complexity index is 480. The number of hydrogen-bond acceptors (Lipinski definition) is 4. The molecule has 0 aliphatic rings. The van der Waals surface area contributed by atoms with E-state index in [1.807, 2.05) is 25.8 Å². The van der Waals surface area contributed by atoms with Gasteiger partial charge in [0.1, 0.15) is 5.82 Å². The summed E-state index contributed by atoms with van der Waals surface area (Å²) >= 11 is 0. The van der Waals surface area contributed by atoms with Crippen molar-refractivity contribution in [2.24, 2.45) is 0 Å². The van der Waals surface area contributed by atoms with E-state index < -0.39 is 11.9 Å². The van der Waals surface area contributed by atoms with Crippen LogP contribution in [0.4, 0.5) is 15.8 Å². The molecule has 6 heteroatoms. The first-order chi connectivity index (χ1) is 9.81. The van der Waals surface area contributed by atoms with Gasteiger partial charge in [0.05, 0.1) is 24.4 Å². The van der Waals surface area contributed by atoms with E-state index in [2.05, 4.69) is 5.32 Å². The number of amides is 1. The lowest BCUT2D eigenvalue weighted by Gasteiger charge is -2.24. The van der Waals surface area contributed by atoms with Crippen molar-refractivity contribution in [1.29, 1.82) is 0 Å². The lowest BCUT2D eigenvalue weighted by molar-refractivity contribution is -0.120. The second-order valence-electron chi connectivity index (χ2n) is 5.30. The maximum Gasteiger partial charge on any atom is 0.241 e. The van der Waals surface area contributed by atoms with E-state index in [9.17, 15) is 9.18 Å². The van der Waals surface area contributed by atoms with Gasteiger partial charge < -0.3 is 15.8 Å². The summed E-state index contributed by atoms with van der Waals surface area (Å²) in [6.07, 6.45) is 0.156. The highest BCUT2D eigenvalue weighted by molar-refractivity contribution is 5.95. The quantitative estimate of drug-likeness (QED) is 0.756. The average molecular weight is 297 g/mol. The van der Waals surface area contributed by atoms with Crippen molar-refractivity contribution in [1.82, 2.24) is 4.90 Å². The molecule has 0 aromatic heterocycles. The van der Waals surface area contributed by atoms with Gasteiger partial charge in [0.25, 0.3) is 0 Å². The van der Waals surface area contributed by atoms with E-state index >= 15 is 0 Å². The molecule has 118 valence electrons. The minimum Gasteiger partial charge on any atom is -0.399 e. The Hall–Kier alpha value is -1.66. The first kappa shape index (κ1) is 17.4. The second kappa shape index (κ2) is 7.95. The number of nitrogens with zero attached hydrogens (tertiary/aromatic N) is 1. The molecule has 3 N–H and O–H groups in total. The Balaban J connectivity index is 2.55. The van der Waals surface area contributed by atoms with E-state index in [0.717, 1.165) is 0 Å². The number of rotatable bonds is 7. The number of hydrogen-bond donors (Lipinski definition) is 2. The molecule has 0 saturated heterocycles. The van der Waals surface area contributed by atoms with Crippen LogP contribution >= 0.6 is 0 Å². The lowest BCUT2D eigenvalue weighted by atomic mass is 10.2. The number of anilines is 2. The molecule has 1 rings (SSSR count). The van der Waals surface area contributed by atoms with Crippen molar-refractivity contribution in [3.63, 3.8) is 0 Å². The van der Waals surface area contributed by atoms with Gasteiger partial charge >= 0.3 is 0 Å². The van der Waals surface area contributed by atoms with Gasteiger partial charge in [-0.05, 0) is 46.0 Å². The molecule has 0 bridgehead atoms. The molecule has 1 aromatic rings. The normalized spacial score (nSPS) is 12.7. The molecule has 1 amide bonds. The zero-order chi connectivity index (χ0) is 16.0. The van der Waals surface area contributed by atoms with Crippen molar-refractivity contribution in [3.05, 3.63) is 24.0 Å². The molecule has 0 spiro atoms. The molecule has 1 unspecified atom stereocenters. The Morgan fingerprint density at radius 2 is 2.10 bits per heavy atom. The number of nitrogens with one attached hydrogen (secondary N) is 1. The van der Waals surface area contributed by atoms with E-state index in [-0.39, 0.29) is 17.7 Å². The van der Waals surface area contributed by atoms with Crippen LogP contribution in [0.15, 0.2) is 18.2 Å². The number of likely N-dealkylation sites (N-methyl/N-ethyl adjacent to an activating group) is 1. The van der Waals surface area contributed by atoms with Gasteiger partial charge in [-0.3, -0.25) is 9.69 Å². The number of ether oxygens (including phenoxy) is 1. The number of nitrogens with two attached hydrogens (primary N) is 1. The SMILES string of the molecule is CC(C)OCCN(C)C(C)C(=O)Nc1cc(N)ccc1F. The van der Waals surface area contributed by atoms with Crippen LogP contribution < -0.4 is 11.1 Å². The fourth-order valence-corrected chi connectivity index (χ4v) is 1.70. The Labute approximate surface area is 125 Å². The number of carbonyl (C=O) groups is 1. The second-order valence-corrected chi connectivity index (χ2v) is 5.30. The van der Waals surface area contributed by atoms with Crippen LogP contribution in [0.5, 0.6) is 0 Å². The minimum absolute atomic E-state index is 0.0960. The molecule has 0 heterocycles. The minimum atomic E-state index is -0.504.